The van der Waals surface area contributed by atoms with Crippen molar-refractivity contribution in [1.29, 1.82) is 0 Å². The monoisotopic (exact) mass is 324 g/mol. The van der Waals surface area contributed by atoms with Crippen LogP contribution >= 0.6 is 12.2 Å². The highest BCUT2D eigenvalue weighted by atomic mass is 32.1. The van der Waals surface area contributed by atoms with Gasteiger partial charge >= 0.3 is 6.09 Å². The number of nitrogens with zero attached hydrogens (tertiary/aromatic N) is 1. The zero-order valence-electron chi connectivity index (χ0n) is 13.3. The maximum Gasteiger partial charge on any atom is 0.407 e. The predicted octanol–water partition coefficient (Wildman–Crippen LogP) is 2.67. The Balaban J connectivity index is 2.04. The van der Waals surface area contributed by atoms with Crippen molar-refractivity contribution in [3.8, 4) is 0 Å². The number of hydrogen-bond donors (Lipinski definition) is 3. The molecule has 1 rings (SSSR count). The molecule has 1 aromatic heterocycles. The number of carbonyl (C=O) groups excluding carboxylic acids is 1. The lowest BCUT2D eigenvalue weighted by atomic mass is 10.2. The van der Waals surface area contributed by atoms with Crippen molar-refractivity contribution in [2.75, 3.05) is 18.4 Å². The first-order chi connectivity index (χ1) is 10.4. The number of thiocarbonyl (C=S) groups is 1. The SMILES string of the molecule is CC(C)(C)OC(=O)NCCCCNC(=S)Nc1ccccn1. The minimum absolute atomic E-state index is 0.382. The molecular formula is C15H24N4O2S. The molecule has 1 heterocycles. The van der Waals surface area contributed by atoms with Crippen molar-refractivity contribution in [3.63, 3.8) is 0 Å². The number of ether oxygens (including phenoxy) is 1. The molecule has 0 aliphatic carbocycles. The van der Waals surface area contributed by atoms with Crippen molar-refractivity contribution >= 4 is 29.2 Å². The third kappa shape index (κ3) is 9.12. The van der Waals surface area contributed by atoms with E-state index in [0.717, 1.165) is 19.4 Å². The topological polar surface area (TPSA) is 75.3 Å². The Labute approximate surface area is 137 Å². The molecule has 6 nitrogen and oxygen atoms in total. The normalized spacial score (nSPS) is 10.7. The zero-order chi connectivity index (χ0) is 16.4. The van der Waals surface area contributed by atoms with Crippen LogP contribution < -0.4 is 16.0 Å². The van der Waals surface area contributed by atoms with E-state index < -0.39 is 5.60 Å². The summed E-state index contributed by atoms with van der Waals surface area (Å²) >= 11 is 5.16. The maximum absolute atomic E-state index is 11.4. The van der Waals surface area contributed by atoms with Crippen LogP contribution in [-0.2, 0) is 4.74 Å². The van der Waals surface area contributed by atoms with Gasteiger partial charge in [0.25, 0.3) is 0 Å². The van der Waals surface area contributed by atoms with Gasteiger partial charge in [0.1, 0.15) is 11.4 Å². The third-order valence-corrected chi connectivity index (χ3v) is 2.71. The Hall–Kier alpha value is -1.89. The molecule has 0 aliphatic heterocycles. The fraction of sp³-hybridized carbons (Fsp3) is 0.533. The molecule has 122 valence electrons. The molecule has 0 saturated heterocycles. The first-order valence-corrected chi connectivity index (χ1v) is 7.70. The van der Waals surface area contributed by atoms with Gasteiger partial charge in [-0.1, -0.05) is 6.07 Å². The second-order valence-electron chi connectivity index (χ2n) is 5.73. The van der Waals surface area contributed by atoms with Crippen LogP contribution in [0.1, 0.15) is 33.6 Å². The standard InChI is InChI=1S/C15H24N4O2S/c1-15(2,3)21-14(20)18-11-7-6-10-17-13(22)19-12-8-4-5-9-16-12/h4-5,8-9H,6-7,10-11H2,1-3H3,(H,18,20)(H2,16,17,19,22). The van der Waals surface area contributed by atoms with Gasteiger partial charge in [-0.25, -0.2) is 9.78 Å². The molecule has 3 N–H and O–H groups in total. The number of alkyl carbamates (subject to hydrolysis) is 1. The van der Waals surface area contributed by atoms with Crippen molar-refractivity contribution in [2.24, 2.45) is 0 Å². The number of amides is 1. The van der Waals surface area contributed by atoms with Gasteiger partial charge in [-0.2, -0.15) is 0 Å². The Morgan fingerprint density at radius 2 is 1.91 bits per heavy atom. The highest BCUT2D eigenvalue weighted by Gasteiger charge is 2.15. The Bertz CT molecular complexity index is 474. The fourth-order valence-corrected chi connectivity index (χ4v) is 1.76. The number of rotatable bonds is 6. The highest BCUT2D eigenvalue weighted by molar-refractivity contribution is 7.80. The lowest BCUT2D eigenvalue weighted by Crippen LogP contribution is -2.33. The first-order valence-electron chi connectivity index (χ1n) is 7.29. The van der Waals surface area contributed by atoms with Gasteiger partial charge in [-0.3, -0.25) is 0 Å². The van der Waals surface area contributed by atoms with E-state index in [1.807, 2.05) is 39.0 Å². The number of pyridine rings is 1. The average Bonchev–Trinajstić information content (AvgIpc) is 2.42. The van der Waals surface area contributed by atoms with Gasteiger partial charge in [-0.05, 0) is 58.0 Å². The van der Waals surface area contributed by atoms with Gasteiger partial charge < -0.3 is 20.7 Å². The van der Waals surface area contributed by atoms with Crippen LogP contribution in [0.25, 0.3) is 0 Å². The van der Waals surface area contributed by atoms with E-state index in [-0.39, 0.29) is 6.09 Å². The Morgan fingerprint density at radius 3 is 2.50 bits per heavy atom. The molecular weight excluding hydrogens is 300 g/mol. The summed E-state index contributed by atoms with van der Waals surface area (Å²) in [6, 6.07) is 5.58. The largest absolute Gasteiger partial charge is 0.444 e. The van der Waals surface area contributed by atoms with E-state index in [0.29, 0.717) is 17.5 Å². The molecule has 22 heavy (non-hydrogen) atoms. The number of carbonyl (C=O) groups is 1. The molecule has 0 fully saturated rings. The molecule has 1 aromatic rings. The van der Waals surface area contributed by atoms with Gasteiger partial charge in [-0.15, -0.1) is 0 Å². The molecule has 0 atom stereocenters. The van der Waals surface area contributed by atoms with E-state index in [9.17, 15) is 4.79 Å². The van der Waals surface area contributed by atoms with E-state index in [1.165, 1.54) is 0 Å². The minimum Gasteiger partial charge on any atom is -0.444 e. The van der Waals surface area contributed by atoms with Crippen LogP contribution in [0.15, 0.2) is 24.4 Å². The summed E-state index contributed by atoms with van der Waals surface area (Å²) in [4.78, 5) is 15.5. The lowest BCUT2D eigenvalue weighted by molar-refractivity contribution is 0.0527. The Morgan fingerprint density at radius 1 is 1.23 bits per heavy atom. The molecule has 0 saturated carbocycles. The number of anilines is 1. The van der Waals surface area contributed by atoms with Crippen molar-refractivity contribution in [3.05, 3.63) is 24.4 Å². The van der Waals surface area contributed by atoms with Crippen molar-refractivity contribution in [2.45, 2.75) is 39.2 Å². The van der Waals surface area contributed by atoms with Gasteiger partial charge in [0.15, 0.2) is 5.11 Å². The predicted molar refractivity (Wildman–Crippen MR) is 91.9 cm³/mol. The second kappa shape index (κ2) is 9.19. The first kappa shape index (κ1) is 18.2. The van der Waals surface area contributed by atoms with Crippen LogP contribution in [-0.4, -0.2) is 34.9 Å². The molecule has 0 unspecified atom stereocenters. The molecule has 1 amide bonds. The molecule has 0 radical (unpaired) electrons. The Kier molecular flexibility index (Phi) is 7.59. The van der Waals surface area contributed by atoms with E-state index in [4.69, 9.17) is 17.0 Å². The summed E-state index contributed by atoms with van der Waals surface area (Å²) in [6.45, 7) is 6.83. The lowest BCUT2D eigenvalue weighted by Gasteiger charge is -2.19. The summed E-state index contributed by atoms with van der Waals surface area (Å²) in [5, 5.41) is 9.35. The van der Waals surface area contributed by atoms with Gasteiger partial charge in [0.2, 0.25) is 0 Å². The van der Waals surface area contributed by atoms with Gasteiger partial charge in [0, 0.05) is 19.3 Å². The minimum atomic E-state index is -0.463. The number of hydrogen-bond acceptors (Lipinski definition) is 4. The van der Waals surface area contributed by atoms with Crippen LogP contribution in [0.5, 0.6) is 0 Å². The van der Waals surface area contributed by atoms with Crippen molar-refractivity contribution < 1.29 is 9.53 Å². The van der Waals surface area contributed by atoms with Gasteiger partial charge in [0.05, 0.1) is 0 Å². The molecule has 0 bridgehead atoms. The van der Waals surface area contributed by atoms with E-state index in [1.54, 1.807) is 6.20 Å². The number of unbranched alkanes of at least 4 members (excludes halogenated alkanes) is 1. The van der Waals surface area contributed by atoms with Crippen LogP contribution in [0, 0.1) is 0 Å². The summed E-state index contributed by atoms with van der Waals surface area (Å²) in [6.07, 6.45) is 3.05. The zero-order valence-corrected chi connectivity index (χ0v) is 14.1. The van der Waals surface area contributed by atoms with E-state index >= 15 is 0 Å². The highest BCUT2D eigenvalue weighted by Crippen LogP contribution is 2.06. The van der Waals surface area contributed by atoms with Crippen LogP contribution in [0.3, 0.4) is 0 Å². The third-order valence-electron chi connectivity index (χ3n) is 2.46. The molecule has 0 aliphatic rings. The molecule has 0 aromatic carbocycles. The average molecular weight is 324 g/mol. The smallest absolute Gasteiger partial charge is 0.407 e. The second-order valence-corrected chi connectivity index (χ2v) is 6.14. The quantitative estimate of drug-likeness (QED) is 0.552. The van der Waals surface area contributed by atoms with Crippen LogP contribution in [0.4, 0.5) is 10.6 Å². The molecule has 0 spiro atoms. The number of nitrogens with one attached hydrogen (secondary N) is 3. The number of aromatic nitrogens is 1. The van der Waals surface area contributed by atoms with E-state index in [2.05, 4.69) is 20.9 Å². The summed E-state index contributed by atoms with van der Waals surface area (Å²) in [5.74, 6) is 0.714. The summed E-state index contributed by atoms with van der Waals surface area (Å²) < 4.78 is 5.15. The fourth-order valence-electron chi connectivity index (χ4n) is 1.55. The molecule has 7 heteroatoms. The maximum atomic E-state index is 11.4. The summed E-state index contributed by atoms with van der Waals surface area (Å²) in [5.41, 5.74) is -0.463. The van der Waals surface area contributed by atoms with Crippen molar-refractivity contribution in [1.82, 2.24) is 15.6 Å². The summed E-state index contributed by atoms with van der Waals surface area (Å²) in [7, 11) is 0. The van der Waals surface area contributed by atoms with Crippen LogP contribution in [0.2, 0.25) is 0 Å².